The van der Waals surface area contributed by atoms with E-state index in [1.165, 1.54) is 0 Å². The molecule has 0 saturated heterocycles. The molecule has 0 aromatic carbocycles. The third-order valence-electron chi connectivity index (χ3n) is 3.46. The van der Waals surface area contributed by atoms with Gasteiger partial charge in [-0.25, -0.2) is 0 Å². The van der Waals surface area contributed by atoms with Crippen molar-refractivity contribution in [2.45, 2.75) is 50.6 Å². The minimum absolute atomic E-state index is 0.451. The summed E-state index contributed by atoms with van der Waals surface area (Å²) in [6, 6.07) is 0. The maximum atomic E-state index is 11.7. The first-order valence-corrected chi connectivity index (χ1v) is 5.68. The predicted octanol–water partition coefficient (Wildman–Crippen LogP) is -2.47. The van der Waals surface area contributed by atoms with Gasteiger partial charge in [0.25, 0.3) is 0 Å². The molecule has 114 valence electrons. The van der Waals surface area contributed by atoms with E-state index in [-0.39, 0.29) is 0 Å². The van der Waals surface area contributed by atoms with Gasteiger partial charge in [-0.15, -0.1) is 0 Å². The van der Waals surface area contributed by atoms with Crippen LogP contribution < -0.4 is 0 Å². The van der Waals surface area contributed by atoms with Gasteiger partial charge in [0.05, 0.1) is 6.10 Å². The second kappa shape index (κ2) is 5.49. The zero-order valence-corrected chi connectivity index (χ0v) is 11.6. The van der Waals surface area contributed by atoms with E-state index in [4.69, 9.17) is 0 Å². The van der Waals surface area contributed by atoms with Gasteiger partial charge in [-0.1, -0.05) is 0 Å². The summed E-state index contributed by atoms with van der Waals surface area (Å²) in [7, 11) is 0. The quantitative estimate of drug-likeness (QED) is 0.297. The fourth-order valence-corrected chi connectivity index (χ4v) is 2.10. The molecule has 0 heterocycles. The second-order valence-corrected chi connectivity index (χ2v) is 4.71. The number of ketones is 3. The lowest BCUT2D eigenvalue weighted by Gasteiger charge is -2.47. The summed E-state index contributed by atoms with van der Waals surface area (Å²) in [5.41, 5.74) is -10.1. The van der Waals surface area contributed by atoms with Crippen LogP contribution in [0.3, 0.4) is 0 Å². The van der Waals surface area contributed by atoms with Crippen LogP contribution in [0.25, 0.3) is 0 Å². The van der Waals surface area contributed by atoms with E-state index in [9.17, 15) is 39.6 Å². The number of hydrogen-bond donors (Lipinski definition) is 4. The van der Waals surface area contributed by atoms with Crippen LogP contribution in [0.4, 0.5) is 0 Å². The largest absolute Gasteiger partial charge is 0.390 e. The molecule has 20 heavy (non-hydrogen) atoms. The molecule has 0 fully saturated rings. The number of hydrogen-bond acceptors (Lipinski definition) is 8. The Morgan fingerprint density at radius 3 is 1.50 bits per heavy atom. The molecule has 8 heteroatoms. The van der Waals surface area contributed by atoms with Gasteiger partial charge in [0, 0.05) is 0 Å². The SMILES string of the molecule is CC(=O)[C@](O)([C@@](O)(C=O)C(C)=O)[C@](O)(C(C)=O)[C@H](C)O. The summed E-state index contributed by atoms with van der Waals surface area (Å²) in [6.45, 7) is 2.94. The van der Waals surface area contributed by atoms with Gasteiger partial charge in [0.2, 0.25) is 11.2 Å². The second-order valence-electron chi connectivity index (χ2n) is 4.71. The van der Waals surface area contributed by atoms with Gasteiger partial charge in [-0.05, 0) is 27.7 Å². The number of aliphatic hydroxyl groups excluding tert-OH is 1. The molecule has 0 rings (SSSR count). The molecule has 0 unspecified atom stereocenters. The third kappa shape index (κ3) is 2.10. The van der Waals surface area contributed by atoms with Crippen LogP contribution in [0.15, 0.2) is 0 Å². The van der Waals surface area contributed by atoms with Crippen molar-refractivity contribution in [3.05, 3.63) is 0 Å². The van der Waals surface area contributed by atoms with E-state index in [0.29, 0.717) is 13.8 Å². The van der Waals surface area contributed by atoms with Crippen molar-refractivity contribution in [3.63, 3.8) is 0 Å². The van der Waals surface area contributed by atoms with E-state index < -0.39 is 46.5 Å². The highest BCUT2D eigenvalue weighted by molar-refractivity contribution is 6.12. The minimum atomic E-state index is -3.52. The van der Waals surface area contributed by atoms with Crippen LogP contribution in [0, 0.1) is 0 Å². The third-order valence-corrected chi connectivity index (χ3v) is 3.46. The van der Waals surface area contributed by atoms with Crippen molar-refractivity contribution in [3.8, 4) is 0 Å². The van der Waals surface area contributed by atoms with Crippen molar-refractivity contribution in [1.29, 1.82) is 0 Å². The monoisotopic (exact) mass is 290 g/mol. The first-order valence-electron chi connectivity index (χ1n) is 5.68. The maximum absolute atomic E-state index is 11.7. The molecule has 0 aliphatic rings. The molecule has 0 aliphatic heterocycles. The number of carbonyl (C=O) groups is 4. The van der Waals surface area contributed by atoms with Gasteiger partial charge in [-0.2, -0.15) is 0 Å². The van der Waals surface area contributed by atoms with Crippen LogP contribution >= 0.6 is 0 Å². The summed E-state index contributed by atoms with van der Waals surface area (Å²) in [6.07, 6.45) is -2.49. The standard InChI is InChI=1S/C12H18O8/c1-6(14)10(18,5-13)12(20,9(4)17)11(19,7(2)15)8(3)16/h5,7,15,18-20H,1-4H3/t7-,10+,11+,12-/m0/s1. The highest BCUT2D eigenvalue weighted by atomic mass is 16.4. The van der Waals surface area contributed by atoms with E-state index in [1.54, 1.807) is 0 Å². The maximum Gasteiger partial charge on any atom is 0.217 e. The van der Waals surface area contributed by atoms with Crippen LogP contribution in [-0.4, -0.2) is 67.0 Å². The molecule has 0 aromatic rings. The predicted molar refractivity (Wildman–Crippen MR) is 64.6 cm³/mol. The number of aliphatic hydroxyl groups is 4. The van der Waals surface area contributed by atoms with Gasteiger partial charge in [-0.3, -0.25) is 19.2 Å². The van der Waals surface area contributed by atoms with Crippen LogP contribution in [0.1, 0.15) is 27.7 Å². The lowest BCUT2D eigenvalue weighted by atomic mass is 9.64. The van der Waals surface area contributed by atoms with E-state index >= 15 is 0 Å². The highest BCUT2D eigenvalue weighted by Gasteiger charge is 2.71. The first kappa shape index (κ1) is 18.5. The Bertz CT molecular complexity index is 456. The number of aldehydes is 1. The Kier molecular flexibility index (Phi) is 5.08. The van der Waals surface area contributed by atoms with Crippen molar-refractivity contribution in [2.75, 3.05) is 0 Å². The molecule has 0 saturated carbocycles. The molecule has 0 aromatic heterocycles. The molecule has 0 bridgehead atoms. The lowest BCUT2D eigenvalue weighted by Crippen LogP contribution is -2.79. The normalized spacial score (nSPS) is 21.8. The summed E-state index contributed by atoms with van der Waals surface area (Å²) in [5.74, 6) is -4.10. The molecule has 4 atom stereocenters. The molecule has 0 spiro atoms. The Morgan fingerprint density at radius 1 is 0.950 bits per heavy atom. The summed E-state index contributed by atoms with van der Waals surface area (Å²) in [4.78, 5) is 45.7. The highest BCUT2D eigenvalue weighted by Crippen LogP contribution is 2.37. The van der Waals surface area contributed by atoms with Crippen molar-refractivity contribution < 1.29 is 39.6 Å². The Balaban J connectivity index is 6.66. The summed E-state index contributed by atoms with van der Waals surface area (Å²) >= 11 is 0. The van der Waals surface area contributed by atoms with Crippen molar-refractivity contribution in [2.24, 2.45) is 0 Å². The fraction of sp³-hybridized carbons (Fsp3) is 0.667. The van der Waals surface area contributed by atoms with Gasteiger partial charge >= 0.3 is 0 Å². The molecule has 4 N–H and O–H groups in total. The van der Waals surface area contributed by atoms with Gasteiger partial charge in [0.15, 0.2) is 29.2 Å². The molecule has 8 nitrogen and oxygen atoms in total. The average molecular weight is 290 g/mol. The first-order chi connectivity index (χ1) is 8.83. The molecular formula is C12H18O8. The average Bonchev–Trinajstić information content (AvgIpc) is 2.34. The van der Waals surface area contributed by atoms with E-state index in [0.717, 1.165) is 13.8 Å². The number of Topliss-reactive ketones (excluding diaryl/α,β-unsaturated/α-hetero) is 3. The van der Waals surface area contributed by atoms with Crippen LogP contribution in [-0.2, 0) is 19.2 Å². The zero-order valence-electron chi connectivity index (χ0n) is 11.6. The van der Waals surface area contributed by atoms with Crippen LogP contribution in [0.2, 0.25) is 0 Å². The summed E-state index contributed by atoms with van der Waals surface area (Å²) in [5, 5.41) is 40.1. The molecule has 0 aliphatic carbocycles. The Hall–Kier alpha value is -1.48. The number of rotatable bonds is 7. The summed E-state index contributed by atoms with van der Waals surface area (Å²) < 4.78 is 0. The Labute approximate surface area is 115 Å². The van der Waals surface area contributed by atoms with E-state index in [2.05, 4.69) is 0 Å². The smallest absolute Gasteiger partial charge is 0.217 e. The zero-order chi connectivity index (χ0) is 16.5. The van der Waals surface area contributed by atoms with Crippen molar-refractivity contribution >= 4 is 23.6 Å². The fourth-order valence-electron chi connectivity index (χ4n) is 2.10. The van der Waals surface area contributed by atoms with Gasteiger partial charge < -0.3 is 20.4 Å². The molecular weight excluding hydrogens is 272 g/mol. The minimum Gasteiger partial charge on any atom is -0.390 e. The lowest BCUT2D eigenvalue weighted by molar-refractivity contribution is -0.239. The topological polar surface area (TPSA) is 149 Å². The van der Waals surface area contributed by atoms with Crippen LogP contribution in [0.5, 0.6) is 0 Å². The van der Waals surface area contributed by atoms with E-state index in [1.807, 2.05) is 0 Å². The molecule has 0 radical (unpaired) electrons. The Morgan fingerprint density at radius 2 is 1.35 bits per heavy atom. The molecule has 0 amide bonds. The van der Waals surface area contributed by atoms with Crippen molar-refractivity contribution in [1.82, 2.24) is 0 Å². The number of carbonyl (C=O) groups excluding carboxylic acids is 4. The van der Waals surface area contributed by atoms with Gasteiger partial charge in [0.1, 0.15) is 0 Å².